The fourth-order valence-corrected chi connectivity index (χ4v) is 2.85. The van der Waals surface area contributed by atoms with Gasteiger partial charge in [0.05, 0.1) is 0 Å². The zero-order valence-corrected chi connectivity index (χ0v) is 12.2. The van der Waals surface area contributed by atoms with Crippen molar-refractivity contribution in [3.8, 4) is 0 Å². The number of aryl methyl sites for hydroxylation is 1. The molecule has 3 rings (SSSR count). The van der Waals surface area contributed by atoms with Crippen molar-refractivity contribution >= 4 is 11.6 Å². The number of nitrogens with one attached hydrogen (secondary N) is 1. The standard InChI is InChI=1S/C14H22N6/c1-3-15-9-12-4-6-19(7-5-12)13-8-11(2)18-14-16-10-17-20(13)14/h8,10,12,15H,3-7,9H2,1-2H3. The van der Waals surface area contributed by atoms with E-state index < -0.39 is 0 Å². The van der Waals surface area contributed by atoms with Gasteiger partial charge in [0.15, 0.2) is 0 Å². The summed E-state index contributed by atoms with van der Waals surface area (Å²) in [6, 6.07) is 2.10. The number of fused-ring (bicyclic) bond motifs is 1. The molecule has 2 aromatic heterocycles. The Morgan fingerprint density at radius 3 is 2.90 bits per heavy atom. The van der Waals surface area contributed by atoms with Crippen LogP contribution >= 0.6 is 0 Å². The van der Waals surface area contributed by atoms with Gasteiger partial charge in [0.1, 0.15) is 12.1 Å². The summed E-state index contributed by atoms with van der Waals surface area (Å²) in [5.41, 5.74) is 0.996. The maximum Gasteiger partial charge on any atom is 0.254 e. The Kier molecular flexibility index (Phi) is 3.82. The van der Waals surface area contributed by atoms with Crippen molar-refractivity contribution < 1.29 is 0 Å². The van der Waals surface area contributed by atoms with Crippen LogP contribution in [0.1, 0.15) is 25.5 Å². The van der Waals surface area contributed by atoms with Crippen molar-refractivity contribution in [1.82, 2.24) is 24.9 Å². The SMILES string of the molecule is CCNCC1CCN(c2cc(C)nc3ncnn23)CC1. The first-order valence-electron chi connectivity index (χ1n) is 7.41. The van der Waals surface area contributed by atoms with Crippen LogP contribution in [0.15, 0.2) is 12.4 Å². The van der Waals surface area contributed by atoms with Gasteiger partial charge in [-0.1, -0.05) is 6.92 Å². The van der Waals surface area contributed by atoms with Gasteiger partial charge in [-0.05, 0) is 38.8 Å². The Morgan fingerprint density at radius 1 is 1.35 bits per heavy atom. The minimum Gasteiger partial charge on any atom is -0.356 e. The fourth-order valence-electron chi connectivity index (χ4n) is 2.85. The predicted octanol–water partition coefficient (Wildman–Crippen LogP) is 1.26. The van der Waals surface area contributed by atoms with Gasteiger partial charge in [-0.25, -0.2) is 4.98 Å². The molecule has 0 spiro atoms. The highest BCUT2D eigenvalue weighted by molar-refractivity contribution is 5.47. The summed E-state index contributed by atoms with van der Waals surface area (Å²) in [5, 5.41) is 7.74. The van der Waals surface area contributed by atoms with E-state index >= 15 is 0 Å². The molecule has 0 saturated carbocycles. The summed E-state index contributed by atoms with van der Waals surface area (Å²) in [6.07, 6.45) is 4.03. The quantitative estimate of drug-likeness (QED) is 0.909. The summed E-state index contributed by atoms with van der Waals surface area (Å²) in [7, 11) is 0. The molecule has 0 aromatic carbocycles. The number of hydrogen-bond acceptors (Lipinski definition) is 5. The number of rotatable bonds is 4. The molecule has 1 saturated heterocycles. The predicted molar refractivity (Wildman–Crippen MR) is 79.0 cm³/mol. The average molecular weight is 274 g/mol. The zero-order valence-electron chi connectivity index (χ0n) is 12.2. The van der Waals surface area contributed by atoms with Crippen LogP contribution in [0.3, 0.4) is 0 Å². The molecule has 6 nitrogen and oxygen atoms in total. The van der Waals surface area contributed by atoms with Gasteiger partial charge in [-0.15, -0.1) is 0 Å². The molecule has 0 bridgehead atoms. The maximum absolute atomic E-state index is 4.40. The van der Waals surface area contributed by atoms with Crippen LogP contribution < -0.4 is 10.2 Å². The lowest BCUT2D eigenvalue weighted by atomic mass is 9.97. The summed E-state index contributed by atoms with van der Waals surface area (Å²) in [5.74, 6) is 2.60. The van der Waals surface area contributed by atoms with Crippen molar-refractivity contribution in [2.24, 2.45) is 5.92 Å². The van der Waals surface area contributed by atoms with E-state index in [9.17, 15) is 0 Å². The van der Waals surface area contributed by atoms with Crippen molar-refractivity contribution in [2.45, 2.75) is 26.7 Å². The molecule has 1 N–H and O–H groups in total. The third-order valence-corrected chi connectivity index (χ3v) is 3.98. The van der Waals surface area contributed by atoms with Crippen molar-refractivity contribution in [2.75, 3.05) is 31.1 Å². The van der Waals surface area contributed by atoms with E-state index in [4.69, 9.17) is 0 Å². The molecule has 6 heteroatoms. The van der Waals surface area contributed by atoms with Crippen LogP contribution in [0, 0.1) is 12.8 Å². The Balaban J connectivity index is 1.75. The molecule has 1 aliphatic rings. The maximum atomic E-state index is 4.40. The van der Waals surface area contributed by atoms with Crippen LogP contribution in [-0.2, 0) is 0 Å². The fraction of sp³-hybridized carbons (Fsp3) is 0.643. The summed E-state index contributed by atoms with van der Waals surface area (Å²) in [4.78, 5) is 11.0. The van der Waals surface area contributed by atoms with Gasteiger partial charge in [-0.2, -0.15) is 14.6 Å². The van der Waals surface area contributed by atoms with Crippen LogP contribution in [0.5, 0.6) is 0 Å². The first-order chi connectivity index (χ1) is 9.78. The van der Waals surface area contributed by atoms with Crippen molar-refractivity contribution in [1.29, 1.82) is 0 Å². The zero-order chi connectivity index (χ0) is 13.9. The van der Waals surface area contributed by atoms with E-state index in [2.05, 4.69) is 38.3 Å². The lowest BCUT2D eigenvalue weighted by Crippen LogP contribution is -2.38. The molecule has 1 aliphatic heterocycles. The Morgan fingerprint density at radius 2 is 2.15 bits per heavy atom. The molecular weight excluding hydrogens is 252 g/mol. The van der Waals surface area contributed by atoms with Crippen molar-refractivity contribution in [3.63, 3.8) is 0 Å². The van der Waals surface area contributed by atoms with E-state index in [1.165, 1.54) is 12.8 Å². The van der Waals surface area contributed by atoms with E-state index in [0.29, 0.717) is 5.78 Å². The van der Waals surface area contributed by atoms with Gasteiger partial charge in [0.2, 0.25) is 0 Å². The molecule has 2 aromatic rings. The number of anilines is 1. The summed E-state index contributed by atoms with van der Waals surface area (Å²) < 4.78 is 1.84. The second-order valence-corrected chi connectivity index (χ2v) is 5.47. The number of hydrogen-bond donors (Lipinski definition) is 1. The first kappa shape index (κ1) is 13.3. The second kappa shape index (κ2) is 5.75. The summed E-state index contributed by atoms with van der Waals surface area (Å²) >= 11 is 0. The van der Waals surface area contributed by atoms with E-state index in [0.717, 1.165) is 43.6 Å². The second-order valence-electron chi connectivity index (χ2n) is 5.47. The Hall–Kier alpha value is -1.69. The Labute approximate surface area is 119 Å². The number of piperidine rings is 1. The smallest absolute Gasteiger partial charge is 0.254 e. The highest BCUT2D eigenvalue weighted by Gasteiger charge is 2.21. The third kappa shape index (κ3) is 2.60. The molecule has 0 atom stereocenters. The van der Waals surface area contributed by atoms with Crippen LogP contribution in [-0.4, -0.2) is 45.8 Å². The highest BCUT2D eigenvalue weighted by Crippen LogP contribution is 2.23. The normalized spacial score (nSPS) is 17.0. The lowest BCUT2D eigenvalue weighted by molar-refractivity contribution is 0.384. The monoisotopic (exact) mass is 274 g/mol. The molecule has 0 unspecified atom stereocenters. The molecule has 20 heavy (non-hydrogen) atoms. The molecular formula is C14H22N6. The molecule has 0 radical (unpaired) electrons. The van der Waals surface area contributed by atoms with Crippen molar-refractivity contribution in [3.05, 3.63) is 18.1 Å². The topological polar surface area (TPSA) is 58.3 Å². The number of nitrogens with zero attached hydrogens (tertiary/aromatic N) is 5. The van der Waals surface area contributed by atoms with Gasteiger partial charge >= 0.3 is 0 Å². The van der Waals surface area contributed by atoms with Gasteiger partial charge in [0.25, 0.3) is 5.78 Å². The van der Waals surface area contributed by atoms with Crippen LogP contribution in [0.4, 0.5) is 5.82 Å². The molecule has 0 aliphatic carbocycles. The van der Waals surface area contributed by atoms with Gasteiger partial charge in [0, 0.05) is 24.8 Å². The largest absolute Gasteiger partial charge is 0.356 e. The van der Waals surface area contributed by atoms with E-state index in [1.807, 2.05) is 11.4 Å². The van der Waals surface area contributed by atoms with Crippen LogP contribution in [0.25, 0.3) is 5.78 Å². The van der Waals surface area contributed by atoms with E-state index in [-0.39, 0.29) is 0 Å². The molecule has 108 valence electrons. The third-order valence-electron chi connectivity index (χ3n) is 3.98. The number of aromatic nitrogens is 4. The molecule has 0 amide bonds. The average Bonchev–Trinajstić information content (AvgIpc) is 2.93. The van der Waals surface area contributed by atoms with Gasteiger partial charge < -0.3 is 10.2 Å². The molecule has 1 fully saturated rings. The van der Waals surface area contributed by atoms with Gasteiger partial charge in [-0.3, -0.25) is 0 Å². The van der Waals surface area contributed by atoms with E-state index in [1.54, 1.807) is 6.33 Å². The Bertz CT molecular complexity index is 570. The minimum atomic E-state index is 0.690. The first-order valence-corrected chi connectivity index (χ1v) is 7.41. The summed E-state index contributed by atoms with van der Waals surface area (Å²) in [6.45, 7) is 8.52. The minimum absolute atomic E-state index is 0.690. The van der Waals surface area contributed by atoms with Crippen LogP contribution in [0.2, 0.25) is 0 Å². The highest BCUT2D eigenvalue weighted by atomic mass is 15.4. The lowest BCUT2D eigenvalue weighted by Gasteiger charge is -2.33. The molecule has 3 heterocycles.